The van der Waals surface area contributed by atoms with Gasteiger partial charge >= 0.3 is 0 Å². The molecular formula is C9H23NO4Si. The first kappa shape index (κ1) is 15.0. The predicted molar refractivity (Wildman–Crippen MR) is 61.0 cm³/mol. The Balaban J connectivity index is 4.09. The van der Waals surface area contributed by atoms with Gasteiger partial charge in [-0.05, 0) is 26.0 Å². The van der Waals surface area contributed by atoms with Gasteiger partial charge in [-0.25, -0.2) is 0 Å². The van der Waals surface area contributed by atoms with Crippen molar-refractivity contribution in [1.82, 2.24) is 5.23 Å². The lowest BCUT2D eigenvalue weighted by Crippen LogP contribution is -2.38. The maximum absolute atomic E-state index is 5.52. The van der Waals surface area contributed by atoms with Crippen molar-refractivity contribution < 1.29 is 18.8 Å². The molecule has 0 radical (unpaired) electrons. The van der Waals surface area contributed by atoms with Crippen molar-refractivity contribution >= 4 is 10.5 Å². The molecule has 0 rings (SSSR count). The Hall–Kier alpha value is 0.0169. The highest BCUT2D eigenvalue weighted by Crippen LogP contribution is 2.08. The monoisotopic (exact) mass is 237 g/mol. The standard InChI is InChI=1S/C9H23NO4Si/c1-4-11-9(7-8-14-15)10(12-5-2)13-6-3/h9H,4-8H2,1-3,15H3. The largest absolute Gasteiger partial charge is 0.428 e. The second-order valence-electron chi connectivity index (χ2n) is 2.81. The van der Waals surface area contributed by atoms with Gasteiger partial charge < -0.3 is 9.16 Å². The summed E-state index contributed by atoms with van der Waals surface area (Å²) in [6.07, 6.45) is 0.556. The highest BCUT2D eigenvalue weighted by atomic mass is 28.2. The van der Waals surface area contributed by atoms with E-state index in [0.717, 1.165) is 16.9 Å². The van der Waals surface area contributed by atoms with Crippen LogP contribution in [0.4, 0.5) is 0 Å². The molecule has 0 aromatic rings. The molecule has 0 fully saturated rings. The maximum Gasteiger partial charge on any atom is 0.162 e. The van der Waals surface area contributed by atoms with E-state index in [-0.39, 0.29) is 6.23 Å². The van der Waals surface area contributed by atoms with E-state index in [9.17, 15) is 0 Å². The molecule has 1 unspecified atom stereocenters. The third-order valence-corrected chi connectivity index (χ3v) is 2.08. The van der Waals surface area contributed by atoms with Crippen molar-refractivity contribution in [3.05, 3.63) is 0 Å². The van der Waals surface area contributed by atoms with Crippen molar-refractivity contribution in [3.8, 4) is 0 Å². The summed E-state index contributed by atoms with van der Waals surface area (Å²) >= 11 is 0. The van der Waals surface area contributed by atoms with Crippen LogP contribution in [0.2, 0.25) is 0 Å². The fourth-order valence-electron chi connectivity index (χ4n) is 1.12. The highest BCUT2D eigenvalue weighted by molar-refractivity contribution is 5.97. The van der Waals surface area contributed by atoms with Gasteiger partial charge in [-0.3, -0.25) is 9.68 Å². The van der Waals surface area contributed by atoms with Gasteiger partial charge in [-0.15, -0.1) is 0 Å². The van der Waals surface area contributed by atoms with Crippen LogP contribution in [0.3, 0.4) is 0 Å². The normalized spacial score (nSPS) is 13.6. The zero-order valence-electron chi connectivity index (χ0n) is 10.2. The van der Waals surface area contributed by atoms with Gasteiger partial charge in [0.05, 0.1) is 13.2 Å². The highest BCUT2D eigenvalue weighted by Gasteiger charge is 2.19. The number of ether oxygens (including phenoxy) is 1. The summed E-state index contributed by atoms with van der Waals surface area (Å²) in [6, 6.07) is 0. The van der Waals surface area contributed by atoms with E-state index in [4.69, 9.17) is 18.8 Å². The van der Waals surface area contributed by atoms with Crippen molar-refractivity contribution in [3.63, 3.8) is 0 Å². The topological polar surface area (TPSA) is 40.2 Å². The Bertz CT molecular complexity index is 133. The lowest BCUT2D eigenvalue weighted by Gasteiger charge is -2.28. The second-order valence-corrected chi connectivity index (χ2v) is 3.39. The summed E-state index contributed by atoms with van der Waals surface area (Å²) in [5.74, 6) is 0. The Morgan fingerprint density at radius 3 is 2.07 bits per heavy atom. The molecule has 0 aromatic heterocycles. The van der Waals surface area contributed by atoms with Crippen LogP contribution in [0.5, 0.6) is 0 Å². The molecule has 5 nitrogen and oxygen atoms in total. The minimum absolute atomic E-state index is 0.191. The van der Waals surface area contributed by atoms with E-state index in [1.807, 2.05) is 20.8 Å². The molecule has 0 spiro atoms. The van der Waals surface area contributed by atoms with E-state index < -0.39 is 0 Å². The van der Waals surface area contributed by atoms with E-state index in [1.165, 1.54) is 5.23 Å². The smallest absolute Gasteiger partial charge is 0.162 e. The minimum Gasteiger partial charge on any atom is -0.428 e. The Kier molecular flexibility index (Phi) is 10.5. The molecule has 6 heteroatoms. The first-order chi connectivity index (χ1) is 7.29. The van der Waals surface area contributed by atoms with E-state index in [0.29, 0.717) is 26.4 Å². The van der Waals surface area contributed by atoms with E-state index >= 15 is 0 Å². The van der Waals surface area contributed by atoms with Crippen molar-refractivity contribution in [1.29, 1.82) is 0 Å². The number of rotatable bonds is 10. The lowest BCUT2D eigenvalue weighted by atomic mass is 10.4. The maximum atomic E-state index is 5.52. The molecule has 0 aliphatic rings. The average Bonchev–Trinajstić information content (AvgIpc) is 2.24. The molecule has 0 amide bonds. The third-order valence-electron chi connectivity index (χ3n) is 1.68. The van der Waals surface area contributed by atoms with Gasteiger partial charge in [0.15, 0.2) is 6.23 Å². The van der Waals surface area contributed by atoms with Crippen LogP contribution < -0.4 is 0 Å². The third kappa shape index (κ3) is 6.99. The fourth-order valence-corrected chi connectivity index (χ4v) is 1.35. The van der Waals surface area contributed by atoms with Crippen LogP contribution >= 0.6 is 0 Å². The summed E-state index contributed by atoms with van der Waals surface area (Å²) in [7, 11) is 0.744. The summed E-state index contributed by atoms with van der Waals surface area (Å²) in [5, 5.41) is 1.43. The second kappa shape index (κ2) is 10.5. The van der Waals surface area contributed by atoms with Gasteiger partial charge in [0.2, 0.25) is 0 Å². The molecule has 0 aliphatic heterocycles. The Morgan fingerprint density at radius 2 is 1.67 bits per heavy atom. The molecule has 0 saturated heterocycles. The van der Waals surface area contributed by atoms with E-state index in [1.54, 1.807) is 0 Å². The van der Waals surface area contributed by atoms with Crippen molar-refractivity contribution in [2.24, 2.45) is 0 Å². The molecule has 0 heterocycles. The van der Waals surface area contributed by atoms with Gasteiger partial charge in [0.25, 0.3) is 0 Å². The van der Waals surface area contributed by atoms with Gasteiger partial charge in [-0.2, -0.15) is 0 Å². The van der Waals surface area contributed by atoms with Crippen molar-refractivity contribution in [2.75, 3.05) is 26.4 Å². The molecule has 0 bridgehead atoms. The first-order valence-corrected chi connectivity index (χ1v) is 6.27. The van der Waals surface area contributed by atoms with E-state index in [2.05, 4.69) is 0 Å². The quantitative estimate of drug-likeness (QED) is 0.309. The van der Waals surface area contributed by atoms with Crippen LogP contribution in [0.25, 0.3) is 0 Å². The molecule has 0 aliphatic carbocycles. The SMILES string of the molecule is CCOC(CCO[SiH3])N(OCC)OCC. The molecule has 0 aromatic carbocycles. The lowest BCUT2D eigenvalue weighted by molar-refractivity contribution is -0.421. The first-order valence-electron chi connectivity index (χ1n) is 5.45. The van der Waals surface area contributed by atoms with Crippen LogP contribution in [0, 0.1) is 0 Å². The Morgan fingerprint density at radius 1 is 1.07 bits per heavy atom. The molecule has 1 atom stereocenters. The summed E-state index contributed by atoms with van der Waals surface area (Å²) in [5.41, 5.74) is 0. The molecule has 15 heavy (non-hydrogen) atoms. The predicted octanol–water partition coefficient (Wildman–Crippen LogP) is 0.241. The zero-order chi connectivity index (χ0) is 11.5. The number of hydrogen-bond acceptors (Lipinski definition) is 5. The number of hydrogen-bond donors (Lipinski definition) is 0. The van der Waals surface area contributed by atoms with Gasteiger partial charge in [0.1, 0.15) is 10.5 Å². The molecule has 0 saturated carbocycles. The summed E-state index contributed by atoms with van der Waals surface area (Å²) in [6.45, 7) is 8.20. The van der Waals surface area contributed by atoms with Crippen LogP contribution in [-0.2, 0) is 18.8 Å². The number of nitrogens with zero attached hydrogens (tertiary/aromatic N) is 1. The van der Waals surface area contributed by atoms with Gasteiger partial charge in [0, 0.05) is 19.6 Å². The summed E-state index contributed by atoms with van der Waals surface area (Å²) < 4.78 is 10.7. The summed E-state index contributed by atoms with van der Waals surface area (Å²) in [4.78, 5) is 10.7. The molecule has 92 valence electrons. The Labute approximate surface area is 95.1 Å². The van der Waals surface area contributed by atoms with Crippen LogP contribution in [-0.4, -0.2) is 48.4 Å². The average molecular weight is 237 g/mol. The molecule has 0 N–H and O–H groups in total. The zero-order valence-corrected chi connectivity index (χ0v) is 12.2. The van der Waals surface area contributed by atoms with Crippen LogP contribution in [0.15, 0.2) is 0 Å². The number of hydroxylamine groups is 2. The fraction of sp³-hybridized carbons (Fsp3) is 1.00. The van der Waals surface area contributed by atoms with Crippen LogP contribution in [0.1, 0.15) is 27.2 Å². The van der Waals surface area contributed by atoms with Crippen molar-refractivity contribution in [2.45, 2.75) is 33.4 Å². The molecular weight excluding hydrogens is 214 g/mol. The van der Waals surface area contributed by atoms with Gasteiger partial charge in [-0.1, -0.05) is 0 Å². The minimum atomic E-state index is -0.191.